The Hall–Kier alpha value is -1.84. The van der Waals surface area contributed by atoms with Crippen molar-refractivity contribution < 1.29 is 4.79 Å². The maximum atomic E-state index is 11.6. The molecule has 90 valence electrons. The van der Waals surface area contributed by atoms with E-state index in [9.17, 15) is 4.79 Å². The van der Waals surface area contributed by atoms with Crippen molar-refractivity contribution in [3.63, 3.8) is 0 Å². The molecular formula is C13H17N3O. The van der Waals surface area contributed by atoms with Gasteiger partial charge in [-0.2, -0.15) is 0 Å². The number of aliphatic imine (C=N–C) groups is 1. The summed E-state index contributed by atoms with van der Waals surface area (Å²) in [4.78, 5) is 16.0. The van der Waals surface area contributed by atoms with E-state index >= 15 is 0 Å². The van der Waals surface area contributed by atoms with Crippen LogP contribution in [0.4, 0.5) is 5.69 Å². The lowest BCUT2D eigenvalue weighted by atomic mass is 10.0. The van der Waals surface area contributed by atoms with E-state index in [0.717, 1.165) is 12.1 Å². The number of guanidine groups is 1. The van der Waals surface area contributed by atoms with Gasteiger partial charge in [0.1, 0.15) is 6.04 Å². The molecular weight excluding hydrogens is 214 g/mol. The summed E-state index contributed by atoms with van der Waals surface area (Å²) in [6.45, 7) is 4.18. The van der Waals surface area contributed by atoms with E-state index in [1.54, 1.807) is 0 Å². The standard InChI is InChI=1S/C13H17N3O/c1-9(2)8-11-12(17)16-13(15-11)14-10-6-4-3-5-7-10/h3-7,9,11H,8H2,1-2H3,(H2,14,15,16,17)/t11-/m0/s1. The van der Waals surface area contributed by atoms with Crippen LogP contribution in [0, 0.1) is 5.92 Å². The maximum Gasteiger partial charge on any atom is 0.251 e. The fraction of sp³-hybridized carbons (Fsp3) is 0.385. The van der Waals surface area contributed by atoms with Gasteiger partial charge in [0.25, 0.3) is 5.91 Å². The molecule has 0 unspecified atom stereocenters. The van der Waals surface area contributed by atoms with Gasteiger partial charge in [0.15, 0.2) is 0 Å². The first-order chi connectivity index (χ1) is 8.15. The van der Waals surface area contributed by atoms with Crippen molar-refractivity contribution in [2.24, 2.45) is 10.9 Å². The molecule has 0 fully saturated rings. The number of para-hydroxylation sites is 1. The van der Waals surface area contributed by atoms with E-state index < -0.39 is 0 Å². The van der Waals surface area contributed by atoms with Crippen molar-refractivity contribution in [3.8, 4) is 0 Å². The summed E-state index contributed by atoms with van der Waals surface area (Å²) >= 11 is 0. The van der Waals surface area contributed by atoms with E-state index in [2.05, 4.69) is 29.5 Å². The lowest BCUT2D eigenvalue weighted by molar-refractivity contribution is -0.120. The Morgan fingerprint density at radius 1 is 1.35 bits per heavy atom. The van der Waals surface area contributed by atoms with E-state index in [-0.39, 0.29) is 11.9 Å². The van der Waals surface area contributed by atoms with Crippen molar-refractivity contribution in [2.45, 2.75) is 26.3 Å². The Balaban J connectivity index is 2.01. The number of nitrogens with one attached hydrogen (secondary N) is 2. The third-order valence-corrected chi connectivity index (χ3v) is 2.56. The Labute approximate surface area is 101 Å². The van der Waals surface area contributed by atoms with Gasteiger partial charge in [-0.05, 0) is 24.5 Å². The summed E-state index contributed by atoms with van der Waals surface area (Å²) < 4.78 is 0. The summed E-state index contributed by atoms with van der Waals surface area (Å²) in [7, 11) is 0. The monoisotopic (exact) mass is 231 g/mol. The number of carbonyl (C=O) groups excluding carboxylic acids is 1. The molecule has 4 heteroatoms. The van der Waals surface area contributed by atoms with Gasteiger partial charge in [-0.1, -0.05) is 32.0 Å². The Morgan fingerprint density at radius 3 is 2.71 bits per heavy atom. The molecule has 1 aliphatic rings. The topological polar surface area (TPSA) is 53.5 Å². The zero-order chi connectivity index (χ0) is 12.3. The van der Waals surface area contributed by atoms with Crippen LogP contribution in [-0.2, 0) is 4.79 Å². The molecule has 2 rings (SSSR count). The highest BCUT2D eigenvalue weighted by molar-refractivity contribution is 6.10. The molecule has 1 aromatic rings. The number of hydrogen-bond acceptors (Lipinski definition) is 3. The number of amides is 1. The van der Waals surface area contributed by atoms with Crippen molar-refractivity contribution in [1.82, 2.24) is 5.32 Å². The summed E-state index contributed by atoms with van der Waals surface area (Å²) in [6.07, 6.45) is 0.784. The van der Waals surface area contributed by atoms with Crippen molar-refractivity contribution >= 4 is 17.6 Å². The predicted octanol–water partition coefficient (Wildman–Crippen LogP) is 2.00. The van der Waals surface area contributed by atoms with Gasteiger partial charge in [-0.15, -0.1) is 0 Å². The van der Waals surface area contributed by atoms with Crippen LogP contribution in [0.5, 0.6) is 0 Å². The van der Waals surface area contributed by atoms with Gasteiger partial charge in [-0.25, -0.2) is 4.99 Å². The summed E-state index contributed by atoms with van der Waals surface area (Å²) in [5, 5.41) is 5.85. The lowest BCUT2D eigenvalue weighted by Crippen LogP contribution is -2.32. The number of hydrogen-bond donors (Lipinski definition) is 2. The van der Waals surface area contributed by atoms with Gasteiger partial charge in [0, 0.05) is 5.69 Å². The van der Waals surface area contributed by atoms with E-state index in [1.165, 1.54) is 0 Å². The zero-order valence-corrected chi connectivity index (χ0v) is 10.1. The van der Waals surface area contributed by atoms with Gasteiger partial charge in [0.05, 0.1) is 0 Å². The van der Waals surface area contributed by atoms with Crippen molar-refractivity contribution in [2.75, 3.05) is 5.32 Å². The Kier molecular flexibility index (Phi) is 3.42. The van der Waals surface area contributed by atoms with Crippen LogP contribution in [0.15, 0.2) is 35.3 Å². The summed E-state index contributed by atoms with van der Waals surface area (Å²) in [6, 6.07) is 9.44. The van der Waals surface area contributed by atoms with Crippen molar-refractivity contribution in [3.05, 3.63) is 30.3 Å². The molecule has 1 aliphatic heterocycles. The zero-order valence-electron chi connectivity index (χ0n) is 10.1. The van der Waals surface area contributed by atoms with E-state index in [4.69, 9.17) is 0 Å². The SMILES string of the molecule is CC(C)C[C@@H]1N=C(Nc2ccccc2)NC1=O. The van der Waals surface area contributed by atoms with Gasteiger partial charge in [0.2, 0.25) is 5.96 Å². The highest BCUT2D eigenvalue weighted by Crippen LogP contribution is 2.13. The minimum Gasteiger partial charge on any atom is -0.326 e. The smallest absolute Gasteiger partial charge is 0.251 e. The first-order valence-electron chi connectivity index (χ1n) is 5.86. The van der Waals surface area contributed by atoms with E-state index in [0.29, 0.717) is 11.9 Å². The molecule has 1 aromatic carbocycles. The lowest BCUT2D eigenvalue weighted by Gasteiger charge is -2.06. The number of carbonyl (C=O) groups is 1. The molecule has 2 N–H and O–H groups in total. The van der Waals surface area contributed by atoms with E-state index in [1.807, 2.05) is 30.3 Å². The quantitative estimate of drug-likeness (QED) is 0.836. The normalized spacial score (nSPS) is 19.1. The molecule has 0 aliphatic carbocycles. The minimum absolute atomic E-state index is 0.0165. The number of nitrogens with zero attached hydrogens (tertiary/aromatic N) is 1. The molecule has 0 saturated heterocycles. The minimum atomic E-state index is -0.249. The molecule has 0 radical (unpaired) electrons. The average molecular weight is 231 g/mol. The average Bonchev–Trinajstić information content (AvgIpc) is 2.59. The highest BCUT2D eigenvalue weighted by Gasteiger charge is 2.26. The second-order valence-electron chi connectivity index (χ2n) is 4.60. The summed E-state index contributed by atoms with van der Waals surface area (Å²) in [5.74, 6) is 0.995. The number of benzene rings is 1. The van der Waals surface area contributed by atoms with Gasteiger partial charge < -0.3 is 5.32 Å². The molecule has 0 aromatic heterocycles. The van der Waals surface area contributed by atoms with Gasteiger partial charge in [-0.3, -0.25) is 10.1 Å². The number of rotatable bonds is 3. The highest BCUT2D eigenvalue weighted by atomic mass is 16.2. The molecule has 0 spiro atoms. The third kappa shape index (κ3) is 3.06. The third-order valence-electron chi connectivity index (χ3n) is 2.56. The van der Waals surface area contributed by atoms with Crippen LogP contribution in [0.2, 0.25) is 0 Å². The second kappa shape index (κ2) is 4.99. The Bertz CT molecular complexity index is 426. The van der Waals surface area contributed by atoms with Crippen molar-refractivity contribution in [1.29, 1.82) is 0 Å². The molecule has 1 atom stereocenters. The fourth-order valence-electron chi connectivity index (χ4n) is 1.77. The predicted molar refractivity (Wildman–Crippen MR) is 68.9 cm³/mol. The largest absolute Gasteiger partial charge is 0.326 e. The molecule has 1 amide bonds. The number of anilines is 1. The Morgan fingerprint density at radius 2 is 2.06 bits per heavy atom. The molecule has 4 nitrogen and oxygen atoms in total. The van der Waals surface area contributed by atoms with Crippen LogP contribution in [-0.4, -0.2) is 17.9 Å². The van der Waals surface area contributed by atoms with Crippen LogP contribution in [0.25, 0.3) is 0 Å². The first kappa shape index (κ1) is 11.6. The molecule has 17 heavy (non-hydrogen) atoms. The summed E-state index contributed by atoms with van der Waals surface area (Å²) in [5.41, 5.74) is 0.928. The van der Waals surface area contributed by atoms with Crippen LogP contribution >= 0.6 is 0 Å². The second-order valence-corrected chi connectivity index (χ2v) is 4.60. The maximum absolute atomic E-state index is 11.6. The molecule has 1 heterocycles. The van der Waals surface area contributed by atoms with Gasteiger partial charge >= 0.3 is 0 Å². The fourth-order valence-corrected chi connectivity index (χ4v) is 1.77. The first-order valence-corrected chi connectivity index (χ1v) is 5.86. The van der Waals surface area contributed by atoms with Crippen LogP contribution in [0.1, 0.15) is 20.3 Å². The van der Waals surface area contributed by atoms with Crippen LogP contribution < -0.4 is 10.6 Å². The molecule has 0 saturated carbocycles. The molecule has 0 bridgehead atoms. The van der Waals surface area contributed by atoms with Crippen LogP contribution in [0.3, 0.4) is 0 Å².